The van der Waals surface area contributed by atoms with Gasteiger partial charge in [0.15, 0.2) is 0 Å². The molecule has 0 unspecified atom stereocenters. The summed E-state index contributed by atoms with van der Waals surface area (Å²) < 4.78 is 9.84. The fourth-order valence-corrected chi connectivity index (χ4v) is 3.48. The van der Waals surface area contributed by atoms with E-state index in [9.17, 15) is 19.7 Å². The highest BCUT2D eigenvalue weighted by Gasteiger charge is 2.41. The number of methoxy groups -OCH3 is 2. The van der Waals surface area contributed by atoms with Crippen molar-refractivity contribution in [1.29, 1.82) is 0 Å². The van der Waals surface area contributed by atoms with Gasteiger partial charge in [-0.2, -0.15) is 0 Å². The molecule has 0 aromatic heterocycles. The number of dihydropyridines is 1. The maximum absolute atomic E-state index is 12.6. The summed E-state index contributed by atoms with van der Waals surface area (Å²) in [6.07, 6.45) is 0.848. The van der Waals surface area contributed by atoms with Crippen LogP contribution in [0.5, 0.6) is 0 Å². The van der Waals surface area contributed by atoms with Crippen LogP contribution in [0.15, 0.2) is 40.7 Å². The van der Waals surface area contributed by atoms with Gasteiger partial charge in [0.05, 0.1) is 36.2 Å². The number of hydrogen-bond acceptors (Lipinski definition) is 7. The monoisotopic (exact) mass is 408 g/mol. The zero-order chi connectivity index (χ0) is 21.0. The number of nitro groups is 1. The highest BCUT2D eigenvalue weighted by Crippen LogP contribution is 2.44. The lowest BCUT2D eigenvalue weighted by Gasteiger charge is -2.31. The Bertz CT molecular complexity index is 850. The summed E-state index contributed by atoms with van der Waals surface area (Å²) in [5.41, 5.74) is 1.15. The molecule has 0 atom stereocenters. The van der Waals surface area contributed by atoms with Crippen LogP contribution in [0.4, 0.5) is 5.69 Å². The maximum Gasteiger partial charge on any atom is 0.336 e. The first kappa shape index (κ1) is 21.4. The molecule has 0 fully saturated rings. The molecule has 1 N–H and O–H groups in total. The summed E-state index contributed by atoms with van der Waals surface area (Å²) in [7, 11) is 2.42. The molecule has 1 aliphatic heterocycles. The van der Waals surface area contributed by atoms with Crippen LogP contribution in [-0.2, 0) is 19.1 Å². The number of carbonyl (C=O) groups excluding carboxylic acids is 2. The lowest BCUT2D eigenvalue weighted by Crippen LogP contribution is -2.33. The number of nitrogens with zero attached hydrogens (tertiary/aromatic N) is 1. The quantitative estimate of drug-likeness (QED) is 0.435. The molecule has 0 aliphatic carbocycles. The number of halogens is 1. The van der Waals surface area contributed by atoms with Gasteiger partial charge in [-0.15, -0.1) is 0 Å². The van der Waals surface area contributed by atoms with Crippen molar-refractivity contribution in [2.24, 2.45) is 0 Å². The number of nitrogens with one attached hydrogen (secondary N) is 1. The molecule has 150 valence electrons. The van der Waals surface area contributed by atoms with Gasteiger partial charge in [-0.25, -0.2) is 9.59 Å². The van der Waals surface area contributed by atoms with Crippen molar-refractivity contribution < 1.29 is 24.0 Å². The number of rotatable bonds is 6. The molecule has 8 nitrogen and oxygen atoms in total. The van der Waals surface area contributed by atoms with E-state index in [0.29, 0.717) is 24.2 Å². The Kier molecular flexibility index (Phi) is 6.80. The predicted octanol–water partition coefficient (Wildman–Crippen LogP) is 3.61. The van der Waals surface area contributed by atoms with E-state index in [1.165, 1.54) is 32.4 Å². The molecular weight excluding hydrogens is 388 g/mol. The molecular formula is C19H21ClN2O6. The molecule has 0 saturated carbocycles. The Hall–Kier alpha value is -2.87. The Labute approximate surface area is 167 Å². The van der Waals surface area contributed by atoms with Gasteiger partial charge in [0, 0.05) is 28.0 Å². The second kappa shape index (κ2) is 8.88. The molecule has 1 aliphatic rings. The molecule has 1 aromatic rings. The van der Waals surface area contributed by atoms with Crippen LogP contribution >= 0.6 is 11.6 Å². The molecule has 9 heteroatoms. The van der Waals surface area contributed by atoms with E-state index in [1.54, 1.807) is 0 Å². The van der Waals surface area contributed by atoms with Crippen LogP contribution in [0.25, 0.3) is 0 Å². The summed E-state index contributed by atoms with van der Waals surface area (Å²) in [5, 5.41) is 15.0. The summed E-state index contributed by atoms with van der Waals surface area (Å²) in [5.74, 6) is -2.44. The minimum atomic E-state index is -1.05. The molecule has 1 aromatic carbocycles. The smallest absolute Gasteiger partial charge is 0.336 e. The Morgan fingerprint density at radius 3 is 2.00 bits per heavy atom. The number of carbonyl (C=O) groups is 2. The molecule has 28 heavy (non-hydrogen) atoms. The van der Waals surface area contributed by atoms with E-state index in [-0.39, 0.29) is 27.4 Å². The highest BCUT2D eigenvalue weighted by molar-refractivity contribution is 6.30. The number of hydrogen-bond donors (Lipinski definition) is 1. The Morgan fingerprint density at radius 2 is 1.61 bits per heavy atom. The fourth-order valence-electron chi connectivity index (χ4n) is 3.30. The predicted molar refractivity (Wildman–Crippen MR) is 103 cm³/mol. The summed E-state index contributed by atoms with van der Waals surface area (Å²) in [6.45, 7) is 3.65. The summed E-state index contributed by atoms with van der Waals surface area (Å²) >= 11 is 6.10. The number of nitro benzene ring substituents is 1. The maximum atomic E-state index is 12.6. The van der Waals surface area contributed by atoms with Crippen molar-refractivity contribution in [3.05, 3.63) is 61.4 Å². The van der Waals surface area contributed by atoms with Gasteiger partial charge in [-0.3, -0.25) is 10.1 Å². The van der Waals surface area contributed by atoms with Crippen molar-refractivity contribution >= 4 is 29.2 Å². The van der Waals surface area contributed by atoms with Crippen LogP contribution < -0.4 is 5.32 Å². The first-order chi connectivity index (χ1) is 13.3. The van der Waals surface area contributed by atoms with Crippen molar-refractivity contribution in [3.8, 4) is 0 Å². The Morgan fingerprint density at radius 1 is 1.11 bits per heavy atom. The normalized spacial score (nSPS) is 14.6. The highest BCUT2D eigenvalue weighted by atomic mass is 35.5. The largest absolute Gasteiger partial charge is 0.466 e. The Balaban J connectivity index is 2.93. The second-order valence-electron chi connectivity index (χ2n) is 5.99. The third-order valence-electron chi connectivity index (χ3n) is 4.54. The number of esters is 2. The third kappa shape index (κ3) is 3.87. The first-order valence-corrected chi connectivity index (χ1v) is 9.01. The zero-order valence-electron chi connectivity index (χ0n) is 16.0. The molecule has 1 heterocycles. The van der Waals surface area contributed by atoms with E-state index in [0.717, 1.165) is 0 Å². The van der Waals surface area contributed by atoms with Gasteiger partial charge in [0.2, 0.25) is 0 Å². The average molecular weight is 409 g/mol. The zero-order valence-corrected chi connectivity index (χ0v) is 16.8. The van der Waals surface area contributed by atoms with Crippen LogP contribution in [0.3, 0.4) is 0 Å². The van der Waals surface area contributed by atoms with Gasteiger partial charge in [0.25, 0.3) is 5.69 Å². The minimum absolute atomic E-state index is 0.118. The second-order valence-corrected chi connectivity index (χ2v) is 6.43. The summed E-state index contributed by atoms with van der Waals surface area (Å²) in [6, 6.07) is 4.03. The van der Waals surface area contributed by atoms with E-state index in [4.69, 9.17) is 21.1 Å². The van der Waals surface area contributed by atoms with Crippen LogP contribution in [0, 0.1) is 10.1 Å². The van der Waals surface area contributed by atoms with E-state index in [1.807, 2.05) is 13.8 Å². The van der Waals surface area contributed by atoms with Crippen molar-refractivity contribution in [1.82, 2.24) is 5.32 Å². The number of benzene rings is 1. The van der Waals surface area contributed by atoms with Crippen molar-refractivity contribution in [3.63, 3.8) is 0 Å². The van der Waals surface area contributed by atoms with Crippen LogP contribution in [0.1, 0.15) is 38.2 Å². The van der Waals surface area contributed by atoms with Gasteiger partial charge in [-0.05, 0) is 25.0 Å². The van der Waals surface area contributed by atoms with E-state index in [2.05, 4.69) is 5.32 Å². The topological polar surface area (TPSA) is 108 Å². The molecule has 0 radical (unpaired) electrons. The van der Waals surface area contributed by atoms with Crippen LogP contribution in [-0.4, -0.2) is 31.1 Å². The van der Waals surface area contributed by atoms with E-state index < -0.39 is 22.8 Å². The third-order valence-corrected chi connectivity index (χ3v) is 4.78. The molecule has 0 bridgehead atoms. The van der Waals surface area contributed by atoms with E-state index >= 15 is 0 Å². The van der Waals surface area contributed by atoms with Crippen molar-refractivity contribution in [2.45, 2.75) is 32.6 Å². The number of allylic oxidation sites excluding steroid dienone is 2. The molecule has 2 rings (SSSR count). The van der Waals surface area contributed by atoms with Crippen molar-refractivity contribution in [2.75, 3.05) is 14.2 Å². The fraction of sp³-hybridized carbons (Fsp3) is 0.368. The van der Waals surface area contributed by atoms with Gasteiger partial charge in [0.1, 0.15) is 0 Å². The lowest BCUT2D eigenvalue weighted by molar-refractivity contribution is -0.385. The standard InChI is InChI=1S/C19H21ClN2O6/c1-5-12-16(18(23)27-3)15(17(19(24)28-4)13(6-2)21-12)11-9-10(20)7-8-14(11)22(25)26/h7-9,15,21H,5-6H2,1-4H3. The van der Waals surface area contributed by atoms with Gasteiger partial charge >= 0.3 is 11.9 Å². The molecule has 0 saturated heterocycles. The lowest BCUT2D eigenvalue weighted by atomic mass is 9.78. The number of ether oxygens (including phenoxy) is 2. The SMILES string of the molecule is CCC1=C(C(=O)OC)C(c2cc(Cl)ccc2[N+](=O)[O-])C(C(=O)OC)=C(CC)N1. The first-order valence-electron chi connectivity index (χ1n) is 8.64. The average Bonchev–Trinajstić information content (AvgIpc) is 2.70. The van der Waals surface area contributed by atoms with Gasteiger partial charge < -0.3 is 14.8 Å². The minimum Gasteiger partial charge on any atom is -0.466 e. The molecule has 0 amide bonds. The van der Waals surface area contributed by atoms with Gasteiger partial charge in [-0.1, -0.05) is 25.4 Å². The summed E-state index contributed by atoms with van der Waals surface area (Å²) in [4.78, 5) is 36.4. The molecule has 0 spiro atoms. The van der Waals surface area contributed by atoms with Crippen LogP contribution in [0.2, 0.25) is 5.02 Å².